The highest BCUT2D eigenvalue weighted by Gasteiger charge is 2.25. The van der Waals surface area contributed by atoms with Gasteiger partial charge >= 0.3 is 5.97 Å². The zero-order valence-electron chi connectivity index (χ0n) is 17.5. The molecule has 0 spiro atoms. The van der Waals surface area contributed by atoms with Gasteiger partial charge in [0, 0.05) is 23.5 Å². The second kappa shape index (κ2) is 9.11. The van der Waals surface area contributed by atoms with Gasteiger partial charge in [-0.05, 0) is 47.0 Å². The van der Waals surface area contributed by atoms with Crippen molar-refractivity contribution in [3.8, 4) is 5.75 Å². The number of carboxylic acid groups (broad SMARTS) is 1. The standard InChI is InChI=1S/C26H20FNO4S/c27-18-7-9-23-21(14-18)28-24(32-23)10-6-16-5-8-22-20(13-16)26(33-12-11-25(29)30)19-4-2-1-3-17(19)15-31-22/h1-10,13-14,26H,11-12,15H2,(H,29,30). The molecule has 5 rings (SSSR count). The summed E-state index contributed by atoms with van der Waals surface area (Å²) in [6, 6.07) is 18.3. The Morgan fingerprint density at radius 3 is 2.88 bits per heavy atom. The molecule has 33 heavy (non-hydrogen) atoms. The molecule has 1 unspecified atom stereocenters. The van der Waals surface area contributed by atoms with Crippen LogP contribution in [0.5, 0.6) is 5.75 Å². The number of benzene rings is 3. The van der Waals surface area contributed by atoms with Crippen LogP contribution in [0.2, 0.25) is 0 Å². The minimum absolute atomic E-state index is 0.0429. The Labute approximate surface area is 193 Å². The molecule has 0 saturated heterocycles. The Balaban J connectivity index is 1.47. The molecule has 0 saturated carbocycles. The molecule has 5 nitrogen and oxygen atoms in total. The summed E-state index contributed by atoms with van der Waals surface area (Å²) in [4.78, 5) is 15.4. The number of rotatable bonds is 6. The first-order chi connectivity index (χ1) is 16.1. The molecule has 1 N–H and O–H groups in total. The van der Waals surface area contributed by atoms with Crippen molar-refractivity contribution in [1.29, 1.82) is 0 Å². The summed E-state index contributed by atoms with van der Waals surface area (Å²) in [7, 11) is 0. The quantitative estimate of drug-likeness (QED) is 0.362. The maximum Gasteiger partial charge on any atom is 0.304 e. The molecule has 3 aromatic carbocycles. The molecule has 0 amide bonds. The number of oxazole rings is 1. The van der Waals surface area contributed by atoms with E-state index >= 15 is 0 Å². The van der Waals surface area contributed by atoms with Crippen LogP contribution < -0.4 is 4.74 Å². The fraction of sp³-hybridized carbons (Fsp3) is 0.154. The Hall–Kier alpha value is -3.58. The van der Waals surface area contributed by atoms with E-state index in [1.807, 2.05) is 36.4 Å². The van der Waals surface area contributed by atoms with Crippen molar-refractivity contribution in [3.63, 3.8) is 0 Å². The van der Waals surface area contributed by atoms with E-state index in [0.29, 0.717) is 29.4 Å². The van der Waals surface area contributed by atoms with Gasteiger partial charge in [-0.1, -0.05) is 30.3 Å². The fourth-order valence-electron chi connectivity index (χ4n) is 3.85. The van der Waals surface area contributed by atoms with Gasteiger partial charge in [-0.25, -0.2) is 9.37 Å². The highest BCUT2D eigenvalue weighted by Crippen LogP contribution is 2.44. The first-order valence-corrected chi connectivity index (χ1v) is 11.5. The van der Waals surface area contributed by atoms with Gasteiger partial charge in [0.15, 0.2) is 5.58 Å². The molecule has 2 heterocycles. The van der Waals surface area contributed by atoms with Crippen LogP contribution in [-0.4, -0.2) is 21.8 Å². The van der Waals surface area contributed by atoms with Gasteiger partial charge in [-0.2, -0.15) is 0 Å². The van der Waals surface area contributed by atoms with Crippen LogP contribution in [0.3, 0.4) is 0 Å². The number of aromatic nitrogens is 1. The normalized spacial score (nSPS) is 15.1. The lowest BCUT2D eigenvalue weighted by atomic mass is 9.98. The second-order valence-electron chi connectivity index (χ2n) is 7.68. The average molecular weight is 462 g/mol. The lowest BCUT2D eigenvalue weighted by Gasteiger charge is -2.19. The van der Waals surface area contributed by atoms with Gasteiger partial charge in [0.25, 0.3) is 0 Å². The summed E-state index contributed by atoms with van der Waals surface area (Å²) in [5.74, 6) is 0.500. The van der Waals surface area contributed by atoms with Crippen LogP contribution in [0.25, 0.3) is 23.3 Å². The summed E-state index contributed by atoms with van der Waals surface area (Å²) in [6.07, 6.45) is 3.73. The molecule has 0 radical (unpaired) electrons. The predicted molar refractivity (Wildman–Crippen MR) is 127 cm³/mol. The molecule has 1 aliphatic rings. The Kier molecular flexibility index (Phi) is 5.88. The molecule has 1 aliphatic heterocycles. The van der Waals surface area contributed by atoms with Crippen molar-refractivity contribution < 1.29 is 23.4 Å². The van der Waals surface area contributed by atoms with Gasteiger partial charge in [-0.15, -0.1) is 11.8 Å². The summed E-state index contributed by atoms with van der Waals surface area (Å²) < 4.78 is 25.2. The summed E-state index contributed by atoms with van der Waals surface area (Å²) in [5.41, 5.74) is 5.14. The SMILES string of the molecule is O=C(O)CCSC1c2ccccc2COc2ccc(C=Cc3nc4cc(F)ccc4o3)cc21. The first kappa shape index (κ1) is 21.3. The smallest absolute Gasteiger partial charge is 0.304 e. The van der Waals surface area contributed by atoms with E-state index in [-0.39, 0.29) is 17.5 Å². The van der Waals surface area contributed by atoms with Gasteiger partial charge in [0.05, 0.1) is 11.7 Å². The van der Waals surface area contributed by atoms with E-state index in [1.54, 1.807) is 23.9 Å². The molecule has 1 aromatic heterocycles. The molecule has 0 aliphatic carbocycles. The van der Waals surface area contributed by atoms with Crippen LogP contribution >= 0.6 is 11.8 Å². The Bertz CT molecular complexity index is 1360. The number of hydrogen-bond acceptors (Lipinski definition) is 5. The largest absolute Gasteiger partial charge is 0.489 e. The van der Waals surface area contributed by atoms with Crippen LogP contribution in [0, 0.1) is 5.82 Å². The maximum absolute atomic E-state index is 13.4. The lowest BCUT2D eigenvalue weighted by molar-refractivity contribution is -0.136. The molecular formula is C26H20FNO4S. The van der Waals surface area contributed by atoms with Crippen molar-refractivity contribution >= 4 is 41.0 Å². The van der Waals surface area contributed by atoms with Crippen LogP contribution in [0.15, 0.2) is 65.1 Å². The van der Waals surface area contributed by atoms with E-state index in [2.05, 4.69) is 17.1 Å². The average Bonchev–Trinajstić information content (AvgIpc) is 3.14. The van der Waals surface area contributed by atoms with E-state index in [1.165, 1.54) is 12.1 Å². The van der Waals surface area contributed by atoms with Crippen LogP contribution in [0.1, 0.15) is 39.8 Å². The van der Waals surface area contributed by atoms with Crippen LogP contribution in [0.4, 0.5) is 4.39 Å². The first-order valence-electron chi connectivity index (χ1n) is 10.5. The number of thioether (sulfide) groups is 1. The van der Waals surface area contributed by atoms with Crippen molar-refractivity contribution in [2.24, 2.45) is 0 Å². The summed E-state index contributed by atoms with van der Waals surface area (Å²) in [5, 5.41) is 9.05. The Morgan fingerprint density at radius 2 is 2.00 bits per heavy atom. The number of ether oxygens (including phenoxy) is 1. The topological polar surface area (TPSA) is 72.6 Å². The third-order valence-electron chi connectivity index (χ3n) is 5.42. The van der Waals surface area contributed by atoms with Gasteiger partial charge in [0.1, 0.15) is 23.7 Å². The third kappa shape index (κ3) is 4.64. The maximum atomic E-state index is 13.4. The van der Waals surface area contributed by atoms with E-state index in [9.17, 15) is 9.18 Å². The van der Waals surface area contributed by atoms with Gasteiger partial charge < -0.3 is 14.3 Å². The molecule has 7 heteroatoms. The van der Waals surface area contributed by atoms with E-state index in [0.717, 1.165) is 28.0 Å². The molecule has 0 fully saturated rings. The third-order valence-corrected chi connectivity index (χ3v) is 6.70. The summed E-state index contributed by atoms with van der Waals surface area (Å²) >= 11 is 1.60. The predicted octanol–water partition coefficient (Wildman–Crippen LogP) is 6.33. The number of fused-ring (bicyclic) bond motifs is 3. The van der Waals surface area contributed by atoms with Crippen molar-refractivity contribution in [2.75, 3.05) is 5.75 Å². The number of carboxylic acids is 1. The van der Waals surface area contributed by atoms with Crippen molar-refractivity contribution in [2.45, 2.75) is 18.3 Å². The van der Waals surface area contributed by atoms with Gasteiger partial charge in [-0.3, -0.25) is 4.79 Å². The number of nitrogens with zero attached hydrogens (tertiary/aromatic N) is 1. The Morgan fingerprint density at radius 1 is 1.12 bits per heavy atom. The van der Waals surface area contributed by atoms with E-state index < -0.39 is 5.97 Å². The second-order valence-corrected chi connectivity index (χ2v) is 8.89. The van der Waals surface area contributed by atoms with Crippen molar-refractivity contribution in [1.82, 2.24) is 4.98 Å². The molecule has 4 aromatic rings. The molecule has 1 atom stereocenters. The number of hydrogen-bond donors (Lipinski definition) is 1. The van der Waals surface area contributed by atoms with Crippen LogP contribution in [-0.2, 0) is 11.4 Å². The monoisotopic (exact) mass is 461 g/mol. The zero-order valence-corrected chi connectivity index (χ0v) is 18.3. The number of halogens is 1. The van der Waals surface area contributed by atoms with E-state index in [4.69, 9.17) is 14.3 Å². The molecular weight excluding hydrogens is 441 g/mol. The minimum atomic E-state index is -0.809. The molecule has 0 bridgehead atoms. The van der Waals surface area contributed by atoms with Gasteiger partial charge in [0.2, 0.25) is 5.89 Å². The zero-order chi connectivity index (χ0) is 22.8. The van der Waals surface area contributed by atoms with Crippen molar-refractivity contribution in [3.05, 3.63) is 94.6 Å². The fourth-order valence-corrected chi connectivity index (χ4v) is 5.15. The highest BCUT2D eigenvalue weighted by molar-refractivity contribution is 7.99. The summed E-state index contributed by atoms with van der Waals surface area (Å²) in [6.45, 7) is 0.466. The highest BCUT2D eigenvalue weighted by atomic mass is 32.2. The number of carbonyl (C=O) groups is 1. The molecule has 166 valence electrons. The number of aliphatic carboxylic acids is 1. The lowest BCUT2D eigenvalue weighted by Crippen LogP contribution is -2.03. The minimum Gasteiger partial charge on any atom is -0.489 e.